The number of rotatable bonds is 0. The lowest BCUT2D eigenvalue weighted by molar-refractivity contribution is 0.219. The Kier molecular flexibility index (Phi) is 2.30. The fourth-order valence-electron chi connectivity index (χ4n) is 1.72. The minimum Gasteiger partial charge on any atom is -0.321 e. The van der Waals surface area contributed by atoms with Gasteiger partial charge in [0.1, 0.15) is 12.0 Å². The van der Waals surface area contributed by atoms with Gasteiger partial charge in [-0.05, 0) is 0 Å². The maximum Gasteiger partial charge on any atom is 0.156 e. The minimum atomic E-state index is -0.901. The topological polar surface area (TPSA) is 56.7 Å². The molecule has 2 atom stereocenters. The summed E-state index contributed by atoms with van der Waals surface area (Å²) in [5.74, 6) is 1.45. The summed E-state index contributed by atoms with van der Waals surface area (Å²) in [6.07, 6.45) is -0.551. The summed E-state index contributed by atoms with van der Waals surface area (Å²) in [5.41, 5.74) is 5.71. The van der Waals surface area contributed by atoms with Crippen LogP contribution in [0.1, 0.15) is 44.9 Å². The van der Waals surface area contributed by atoms with Gasteiger partial charge < -0.3 is 5.73 Å². The molecule has 0 aromatic carbocycles. The van der Waals surface area contributed by atoms with Gasteiger partial charge >= 0.3 is 0 Å². The largest absolute Gasteiger partial charge is 0.321 e. The number of halogens is 1. The molecule has 1 aromatic heterocycles. The van der Waals surface area contributed by atoms with Gasteiger partial charge in [0.25, 0.3) is 0 Å². The number of alkyl halides is 1. The molecule has 0 amide bonds. The number of hydrogen-bond acceptors (Lipinski definition) is 3. The van der Waals surface area contributed by atoms with Crippen molar-refractivity contribution in [3.05, 3.63) is 11.6 Å². The summed E-state index contributed by atoms with van der Waals surface area (Å²) in [6.45, 7) is 6.39. The van der Waals surface area contributed by atoms with Crippen molar-refractivity contribution < 1.29 is 4.39 Å². The van der Waals surface area contributed by atoms with E-state index in [0.29, 0.717) is 12.2 Å². The molecule has 0 aliphatic carbocycles. The Labute approximate surface area is 88.7 Å². The van der Waals surface area contributed by atoms with Crippen LogP contribution >= 0.6 is 0 Å². The zero-order valence-corrected chi connectivity index (χ0v) is 9.37. The van der Waals surface area contributed by atoms with Crippen molar-refractivity contribution in [3.63, 3.8) is 0 Å². The highest BCUT2D eigenvalue weighted by Gasteiger charge is 2.30. The smallest absolute Gasteiger partial charge is 0.156 e. The number of hydrogen-bond donors (Lipinski definition) is 1. The number of fused-ring (bicyclic) bond motifs is 1. The first-order valence-corrected chi connectivity index (χ1v) is 5.23. The Morgan fingerprint density at radius 2 is 2.13 bits per heavy atom. The van der Waals surface area contributed by atoms with Crippen LogP contribution in [0.15, 0.2) is 0 Å². The molecule has 0 saturated carbocycles. The first kappa shape index (κ1) is 10.5. The molecule has 2 unspecified atom stereocenters. The van der Waals surface area contributed by atoms with Crippen molar-refractivity contribution in [3.8, 4) is 0 Å². The second-order valence-electron chi connectivity index (χ2n) is 5.17. The summed E-state index contributed by atoms with van der Waals surface area (Å²) in [7, 11) is 0. The second-order valence-corrected chi connectivity index (χ2v) is 5.17. The van der Waals surface area contributed by atoms with Crippen molar-refractivity contribution in [2.45, 2.75) is 51.4 Å². The summed E-state index contributed by atoms with van der Waals surface area (Å²) in [6, 6.07) is -0.322. The first-order chi connectivity index (χ1) is 6.88. The van der Waals surface area contributed by atoms with Crippen LogP contribution < -0.4 is 5.73 Å². The van der Waals surface area contributed by atoms with Crippen LogP contribution in [0.2, 0.25) is 0 Å². The van der Waals surface area contributed by atoms with Gasteiger partial charge in [-0.25, -0.2) is 14.1 Å². The van der Waals surface area contributed by atoms with Crippen molar-refractivity contribution in [1.29, 1.82) is 0 Å². The lowest BCUT2D eigenvalue weighted by atomic mass is 9.96. The fourth-order valence-corrected chi connectivity index (χ4v) is 1.72. The quantitative estimate of drug-likeness (QED) is 0.705. The number of nitrogens with two attached hydrogens (primary N) is 1. The van der Waals surface area contributed by atoms with Gasteiger partial charge in [0.2, 0.25) is 0 Å². The average Bonchev–Trinajstić information content (AvgIpc) is 2.46. The molecule has 0 spiro atoms. The van der Waals surface area contributed by atoms with E-state index in [1.165, 1.54) is 0 Å². The van der Waals surface area contributed by atoms with E-state index in [9.17, 15) is 4.39 Å². The van der Waals surface area contributed by atoms with Crippen molar-refractivity contribution >= 4 is 0 Å². The van der Waals surface area contributed by atoms with Crippen LogP contribution in [0.25, 0.3) is 0 Å². The molecule has 0 saturated heterocycles. The minimum absolute atomic E-state index is 0.115. The molecule has 1 aromatic rings. The molecule has 4 nitrogen and oxygen atoms in total. The van der Waals surface area contributed by atoms with E-state index in [0.717, 1.165) is 5.82 Å². The molecular formula is C10H17FN4. The molecule has 5 heteroatoms. The molecule has 15 heavy (non-hydrogen) atoms. The second kappa shape index (κ2) is 3.27. The van der Waals surface area contributed by atoms with E-state index in [1.807, 2.05) is 20.8 Å². The van der Waals surface area contributed by atoms with E-state index in [4.69, 9.17) is 5.73 Å². The van der Waals surface area contributed by atoms with E-state index < -0.39 is 6.17 Å². The maximum absolute atomic E-state index is 13.2. The average molecular weight is 212 g/mol. The fraction of sp³-hybridized carbons (Fsp3) is 0.800. The van der Waals surface area contributed by atoms with E-state index in [2.05, 4.69) is 10.1 Å². The monoisotopic (exact) mass is 212 g/mol. The summed E-state index contributed by atoms with van der Waals surface area (Å²) < 4.78 is 14.9. The Bertz CT molecular complexity index is 366. The molecule has 2 heterocycles. The molecule has 1 aliphatic heterocycles. The highest BCUT2D eigenvalue weighted by atomic mass is 19.1. The molecule has 0 radical (unpaired) electrons. The SMILES string of the molecule is CC(C)(C)c1nc2n(n1)CC(F)CC2N. The summed E-state index contributed by atoms with van der Waals surface area (Å²) in [4.78, 5) is 4.40. The molecule has 84 valence electrons. The van der Waals surface area contributed by atoms with Gasteiger partial charge in [-0.15, -0.1) is 0 Å². The van der Waals surface area contributed by atoms with Crippen LogP contribution in [0, 0.1) is 0 Å². The zero-order valence-electron chi connectivity index (χ0n) is 9.37. The Hall–Kier alpha value is -0.970. The lowest BCUT2D eigenvalue weighted by Crippen LogP contribution is -2.30. The van der Waals surface area contributed by atoms with Crippen LogP contribution in [0.4, 0.5) is 4.39 Å². The van der Waals surface area contributed by atoms with E-state index in [-0.39, 0.29) is 18.0 Å². The molecule has 0 bridgehead atoms. The third kappa shape index (κ3) is 1.88. The predicted octanol–water partition coefficient (Wildman–Crippen LogP) is 1.32. The number of nitrogens with zero attached hydrogens (tertiary/aromatic N) is 3. The van der Waals surface area contributed by atoms with Gasteiger partial charge in [-0.2, -0.15) is 5.10 Å². The molecular weight excluding hydrogens is 195 g/mol. The van der Waals surface area contributed by atoms with Crippen molar-refractivity contribution in [2.24, 2.45) is 5.73 Å². The van der Waals surface area contributed by atoms with Crippen LogP contribution in [-0.2, 0) is 12.0 Å². The maximum atomic E-state index is 13.2. The standard InChI is InChI=1S/C10H17FN4/c1-10(2,3)9-13-8-7(12)4-6(11)5-15(8)14-9/h6-7H,4-5,12H2,1-3H3. The predicted molar refractivity (Wildman–Crippen MR) is 55.2 cm³/mol. The first-order valence-electron chi connectivity index (χ1n) is 5.23. The molecule has 0 fully saturated rings. The van der Waals surface area contributed by atoms with Crippen LogP contribution in [-0.4, -0.2) is 20.9 Å². The Morgan fingerprint density at radius 3 is 2.73 bits per heavy atom. The van der Waals surface area contributed by atoms with Crippen molar-refractivity contribution in [1.82, 2.24) is 14.8 Å². The van der Waals surface area contributed by atoms with Gasteiger partial charge in [0.15, 0.2) is 5.82 Å². The van der Waals surface area contributed by atoms with Crippen LogP contribution in [0.5, 0.6) is 0 Å². The molecule has 2 rings (SSSR count). The highest BCUT2D eigenvalue weighted by molar-refractivity contribution is 5.08. The van der Waals surface area contributed by atoms with Gasteiger partial charge in [-0.3, -0.25) is 0 Å². The third-order valence-electron chi connectivity index (χ3n) is 2.58. The van der Waals surface area contributed by atoms with Crippen molar-refractivity contribution in [2.75, 3.05) is 0 Å². The molecule has 2 N–H and O–H groups in total. The highest BCUT2D eigenvalue weighted by Crippen LogP contribution is 2.26. The zero-order chi connectivity index (χ0) is 11.2. The summed E-state index contributed by atoms with van der Waals surface area (Å²) in [5, 5.41) is 4.31. The lowest BCUT2D eigenvalue weighted by Gasteiger charge is -2.21. The van der Waals surface area contributed by atoms with E-state index in [1.54, 1.807) is 4.68 Å². The van der Waals surface area contributed by atoms with Gasteiger partial charge in [-0.1, -0.05) is 20.8 Å². The normalized spacial score (nSPS) is 26.5. The molecule has 1 aliphatic rings. The Balaban J connectivity index is 2.39. The summed E-state index contributed by atoms with van der Waals surface area (Å²) >= 11 is 0. The third-order valence-corrected chi connectivity index (χ3v) is 2.58. The number of aromatic nitrogens is 3. The Morgan fingerprint density at radius 1 is 1.47 bits per heavy atom. The van der Waals surface area contributed by atoms with Gasteiger partial charge in [0, 0.05) is 11.8 Å². The van der Waals surface area contributed by atoms with E-state index >= 15 is 0 Å². The van der Waals surface area contributed by atoms with Crippen LogP contribution in [0.3, 0.4) is 0 Å². The van der Waals surface area contributed by atoms with Gasteiger partial charge in [0.05, 0.1) is 12.6 Å².